The third-order valence-electron chi connectivity index (χ3n) is 2.11. The van der Waals surface area contributed by atoms with Gasteiger partial charge in [0, 0.05) is 11.6 Å². The Morgan fingerprint density at radius 3 is 2.12 bits per heavy atom. The van der Waals surface area contributed by atoms with Gasteiger partial charge in [-0.25, -0.2) is 23.1 Å². The highest BCUT2D eigenvalue weighted by molar-refractivity contribution is 5.77. The van der Waals surface area contributed by atoms with Gasteiger partial charge in [0.15, 0.2) is 0 Å². The molecule has 1 heterocycles. The molecule has 17 heavy (non-hydrogen) atoms. The van der Waals surface area contributed by atoms with Crippen molar-refractivity contribution in [3.63, 3.8) is 0 Å². The van der Waals surface area contributed by atoms with Gasteiger partial charge in [-0.1, -0.05) is 12.1 Å². The Kier molecular flexibility index (Phi) is 4.39. The highest BCUT2D eigenvalue weighted by atomic mass is 35.7. The molecule has 5 nitrogen and oxygen atoms in total. The maximum Gasteiger partial charge on any atom is 0.360 e. The third-order valence-corrected chi connectivity index (χ3v) is 2.11. The van der Waals surface area contributed by atoms with Gasteiger partial charge in [-0.15, -0.1) is 10.2 Å². The van der Waals surface area contributed by atoms with Gasteiger partial charge in [0.05, 0.1) is 12.3 Å². The summed E-state index contributed by atoms with van der Waals surface area (Å²) >= 11 is 0. The fraction of sp³-hybridized carbons (Fsp3) is 0.182. The highest BCUT2D eigenvalue weighted by Crippen LogP contribution is 2.18. The van der Waals surface area contributed by atoms with Crippen molar-refractivity contribution in [3.8, 4) is 0 Å². The molecule has 92 valence electrons. The number of rotatable bonds is 0. The molecule has 0 aliphatic rings. The minimum absolute atomic E-state index is 0.959. The van der Waals surface area contributed by atoms with Crippen molar-refractivity contribution in [2.45, 2.75) is 13.8 Å². The van der Waals surface area contributed by atoms with Crippen LogP contribution in [0.15, 0.2) is 34.7 Å². The standard InChI is InChI=1S/C11H11O.ClHO4/c1-8-7-10-5-3-4-6-11(10)12-9(8)2;2-1(3,4)5/h3-7H,1-2H3;(H,2,3,4,5)/q+1;/p-1. The Bertz CT molecular complexity index is 460. The van der Waals surface area contributed by atoms with Crippen molar-refractivity contribution < 1.29 is 33.3 Å². The molecule has 1 aromatic heterocycles. The van der Waals surface area contributed by atoms with E-state index in [0.717, 1.165) is 11.3 Å². The number of halogens is 1. The summed E-state index contributed by atoms with van der Waals surface area (Å²) in [4.78, 5) is 0. The van der Waals surface area contributed by atoms with E-state index in [4.69, 9.17) is 23.1 Å². The number of fused-ring (bicyclic) bond motifs is 1. The molecule has 0 saturated carbocycles. The van der Waals surface area contributed by atoms with Crippen LogP contribution in [0.5, 0.6) is 0 Å². The lowest BCUT2D eigenvalue weighted by Crippen LogP contribution is -2.68. The van der Waals surface area contributed by atoms with E-state index < -0.39 is 10.2 Å². The van der Waals surface area contributed by atoms with Crippen molar-refractivity contribution >= 4 is 11.0 Å². The fourth-order valence-corrected chi connectivity index (χ4v) is 1.27. The van der Waals surface area contributed by atoms with Gasteiger partial charge in [-0.2, -0.15) is 0 Å². The Hall–Kier alpha value is -1.24. The Morgan fingerprint density at radius 2 is 1.53 bits per heavy atom. The van der Waals surface area contributed by atoms with E-state index in [1.807, 2.05) is 25.1 Å². The van der Waals surface area contributed by atoms with Gasteiger partial charge >= 0.3 is 11.3 Å². The fourth-order valence-electron chi connectivity index (χ4n) is 1.27. The maximum absolute atomic E-state index is 8.49. The summed E-state index contributed by atoms with van der Waals surface area (Å²) in [5.41, 5.74) is 2.16. The van der Waals surface area contributed by atoms with E-state index in [1.165, 1.54) is 10.9 Å². The van der Waals surface area contributed by atoms with Gasteiger partial charge in [-0.3, -0.25) is 0 Å². The zero-order chi connectivity index (χ0) is 13.1. The lowest BCUT2D eigenvalue weighted by Gasteiger charge is -2.17. The molecule has 0 atom stereocenters. The summed E-state index contributed by atoms with van der Waals surface area (Å²) in [6.45, 7) is 4.05. The zero-order valence-corrected chi connectivity index (χ0v) is 10.1. The van der Waals surface area contributed by atoms with Gasteiger partial charge in [0.2, 0.25) is 0 Å². The largest absolute Gasteiger partial charge is 0.360 e. The quantitative estimate of drug-likeness (QED) is 0.539. The number of para-hydroxylation sites is 1. The predicted octanol–water partition coefficient (Wildman–Crippen LogP) is -1.43. The van der Waals surface area contributed by atoms with Crippen molar-refractivity contribution in [3.05, 3.63) is 41.7 Å². The van der Waals surface area contributed by atoms with Crippen LogP contribution in [-0.2, 0) is 0 Å². The van der Waals surface area contributed by atoms with E-state index in [1.54, 1.807) is 0 Å². The van der Waals surface area contributed by atoms with Crippen LogP contribution in [0.4, 0.5) is 0 Å². The average molecular weight is 259 g/mol. The first-order valence-electron chi connectivity index (χ1n) is 4.68. The van der Waals surface area contributed by atoms with Crippen LogP contribution in [0.1, 0.15) is 11.3 Å². The van der Waals surface area contributed by atoms with Crippen LogP contribution in [0.3, 0.4) is 0 Å². The summed E-state index contributed by atoms with van der Waals surface area (Å²) in [5.74, 6) is 0.994. The second-order valence-electron chi connectivity index (χ2n) is 3.40. The van der Waals surface area contributed by atoms with Crippen LogP contribution in [0.2, 0.25) is 0 Å². The number of hydrogen-bond acceptors (Lipinski definition) is 4. The molecule has 0 aliphatic carbocycles. The molecule has 6 heteroatoms. The molecular formula is C11H11ClO5. The highest BCUT2D eigenvalue weighted by Gasteiger charge is 2.09. The van der Waals surface area contributed by atoms with Crippen LogP contribution in [-0.4, -0.2) is 0 Å². The third kappa shape index (κ3) is 5.08. The van der Waals surface area contributed by atoms with Crippen LogP contribution in [0.25, 0.3) is 11.0 Å². The van der Waals surface area contributed by atoms with E-state index in [0.29, 0.717) is 0 Å². The van der Waals surface area contributed by atoms with Gasteiger partial charge < -0.3 is 0 Å². The lowest BCUT2D eigenvalue weighted by atomic mass is 10.1. The molecule has 0 aliphatic heterocycles. The molecule has 0 fully saturated rings. The SMILES string of the molecule is Cc1cc2ccccc2[o+]c1C.[O-][Cl+3]([O-])([O-])[O-]. The topological polar surface area (TPSA) is 104 Å². The second-order valence-corrected chi connectivity index (χ2v) is 4.16. The molecule has 2 rings (SSSR count). The minimum Gasteiger partial charge on any atom is -0.222 e. The molecule has 0 N–H and O–H groups in total. The van der Waals surface area contributed by atoms with E-state index in [9.17, 15) is 0 Å². The number of aryl methyl sites for hydroxylation is 2. The molecule has 2 aromatic rings. The van der Waals surface area contributed by atoms with Gasteiger partial charge in [0.25, 0.3) is 0 Å². The molecule has 0 spiro atoms. The second kappa shape index (κ2) is 5.39. The maximum atomic E-state index is 8.49. The number of benzene rings is 1. The van der Waals surface area contributed by atoms with E-state index in [2.05, 4.69) is 19.1 Å². The van der Waals surface area contributed by atoms with Gasteiger partial charge in [-0.05, 0) is 19.1 Å². The zero-order valence-electron chi connectivity index (χ0n) is 9.31. The summed E-state index contributed by atoms with van der Waals surface area (Å²) in [7, 11) is -4.94. The first-order chi connectivity index (χ1) is 7.77. The monoisotopic (exact) mass is 258 g/mol. The molecule has 1 aromatic carbocycles. The predicted molar refractivity (Wildman–Crippen MR) is 50.1 cm³/mol. The van der Waals surface area contributed by atoms with E-state index >= 15 is 0 Å². The van der Waals surface area contributed by atoms with Crippen LogP contribution in [0, 0.1) is 24.1 Å². The average Bonchev–Trinajstić information content (AvgIpc) is 2.17. The Balaban J connectivity index is 0.000000249. The summed E-state index contributed by atoms with van der Waals surface area (Å²) < 4.78 is 39.6. The molecule has 0 saturated heterocycles. The first-order valence-corrected chi connectivity index (χ1v) is 5.91. The van der Waals surface area contributed by atoms with E-state index in [-0.39, 0.29) is 0 Å². The Labute approximate surface area is 100 Å². The molecule has 0 amide bonds. The number of hydrogen-bond donors (Lipinski definition) is 0. The minimum atomic E-state index is -4.94. The lowest BCUT2D eigenvalue weighted by molar-refractivity contribution is -2.00. The molecule has 0 unspecified atom stereocenters. The summed E-state index contributed by atoms with van der Waals surface area (Å²) in [5, 5.41) is 1.17. The smallest absolute Gasteiger partial charge is 0.222 e. The van der Waals surface area contributed by atoms with Crippen molar-refractivity contribution in [2.75, 3.05) is 0 Å². The summed E-state index contributed by atoms with van der Waals surface area (Å²) in [6.07, 6.45) is 0. The normalized spacial score (nSPS) is 10.9. The molecule has 0 radical (unpaired) electrons. The molecular weight excluding hydrogens is 248 g/mol. The van der Waals surface area contributed by atoms with Gasteiger partial charge in [0.1, 0.15) is 0 Å². The van der Waals surface area contributed by atoms with Crippen molar-refractivity contribution in [2.24, 2.45) is 0 Å². The molecule has 0 bridgehead atoms. The van der Waals surface area contributed by atoms with Crippen LogP contribution < -0.4 is 18.6 Å². The summed E-state index contributed by atoms with van der Waals surface area (Å²) in [6, 6.07) is 10.2. The van der Waals surface area contributed by atoms with Crippen LogP contribution >= 0.6 is 0 Å². The van der Waals surface area contributed by atoms with Crippen molar-refractivity contribution in [1.82, 2.24) is 0 Å². The Morgan fingerprint density at radius 1 is 1.00 bits per heavy atom. The van der Waals surface area contributed by atoms with Crippen molar-refractivity contribution in [1.29, 1.82) is 0 Å². The first kappa shape index (κ1) is 13.8.